The van der Waals surface area contributed by atoms with Crippen LogP contribution in [0, 0.1) is 6.92 Å². The van der Waals surface area contributed by atoms with Crippen molar-refractivity contribution in [2.75, 3.05) is 23.3 Å². The van der Waals surface area contributed by atoms with Crippen LogP contribution in [0.5, 0.6) is 0 Å². The quantitative estimate of drug-likeness (QED) is 0.911. The van der Waals surface area contributed by atoms with Crippen LogP contribution in [0.2, 0.25) is 5.02 Å². The molecule has 24 heavy (non-hydrogen) atoms. The zero-order valence-electron chi connectivity index (χ0n) is 13.8. The Kier molecular flexibility index (Phi) is 5.30. The normalized spacial score (nSPS) is 15.0. The van der Waals surface area contributed by atoms with Gasteiger partial charge in [-0.15, -0.1) is 0 Å². The first-order chi connectivity index (χ1) is 11.6. The second kappa shape index (κ2) is 7.62. The summed E-state index contributed by atoms with van der Waals surface area (Å²) in [4.78, 5) is 23.3. The van der Waals surface area contributed by atoms with Gasteiger partial charge >= 0.3 is 0 Å². The number of hydrogen-bond acceptors (Lipinski definition) is 4. The zero-order chi connectivity index (χ0) is 16.9. The topological polar surface area (TPSA) is 58.1 Å². The number of carbonyl (C=O) groups is 1. The highest BCUT2D eigenvalue weighted by molar-refractivity contribution is 6.31. The Balaban J connectivity index is 1.70. The zero-order valence-corrected chi connectivity index (χ0v) is 14.5. The van der Waals surface area contributed by atoms with Gasteiger partial charge in [0.25, 0.3) is 5.91 Å². The maximum atomic E-state index is 12.4. The summed E-state index contributed by atoms with van der Waals surface area (Å²) >= 11 is 5.98. The number of benzene rings is 1. The van der Waals surface area contributed by atoms with E-state index in [0.717, 1.165) is 18.7 Å². The number of aromatic nitrogens is 2. The fraction of sp³-hybridized carbons (Fsp3) is 0.389. The smallest absolute Gasteiger partial charge is 0.258 e. The number of rotatable bonds is 3. The van der Waals surface area contributed by atoms with Crippen molar-refractivity contribution in [2.24, 2.45) is 0 Å². The van der Waals surface area contributed by atoms with E-state index in [9.17, 15) is 4.79 Å². The largest absolute Gasteiger partial charge is 0.341 e. The molecule has 1 amide bonds. The molecule has 1 aliphatic heterocycles. The number of aryl methyl sites for hydroxylation is 1. The molecular formula is C18H21ClN4O. The summed E-state index contributed by atoms with van der Waals surface area (Å²) in [6, 6.07) is 5.41. The van der Waals surface area contributed by atoms with Gasteiger partial charge in [-0.05, 0) is 37.5 Å². The molecule has 6 heteroatoms. The molecule has 2 heterocycles. The molecule has 0 bridgehead atoms. The van der Waals surface area contributed by atoms with Crippen LogP contribution in [-0.4, -0.2) is 29.0 Å². The van der Waals surface area contributed by atoms with Crippen LogP contribution in [-0.2, 0) is 0 Å². The number of halogens is 1. The molecule has 2 aromatic rings. The van der Waals surface area contributed by atoms with Crippen LogP contribution in [0.4, 0.5) is 11.6 Å². The van der Waals surface area contributed by atoms with Crippen molar-refractivity contribution in [3.05, 3.63) is 46.7 Å². The summed E-state index contributed by atoms with van der Waals surface area (Å²) in [5, 5.41) is 3.45. The van der Waals surface area contributed by atoms with Crippen molar-refractivity contribution in [2.45, 2.75) is 32.6 Å². The van der Waals surface area contributed by atoms with Crippen molar-refractivity contribution < 1.29 is 4.79 Å². The summed E-state index contributed by atoms with van der Waals surface area (Å²) in [5.41, 5.74) is 2.09. The van der Waals surface area contributed by atoms with E-state index in [-0.39, 0.29) is 5.91 Å². The molecule has 1 aromatic heterocycles. The summed E-state index contributed by atoms with van der Waals surface area (Å²) in [7, 11) is 0. The van der Waals surface area contributed by atoms with Gasteiger partial charge in [0.1, 0.15) is 0 Å². The SMILES string of the molecule is Cc1ccc(Cl)cc1NC(=O)c1cnc(N2CCCCCC2)nc1. The van der Waals surface area contributed by atoms with Crippen molar-refractivity contribution in [1.29, 1.82) is 0 Å². The molecule has 1 fully saturated rings. The van der Waals surface area contributed by atoms with E-state index in [1.54, 1.807) is 24.5 Å². The number of carbonyl (C=O) groups excluding carboxylic acids is 1. The Morgan fingerprint density at radius 2 is 1.79 bits per heavy atom. The van der Waals surface area contributed by atoms with E-state index >= 15 is 0 Å². The fourth-order valence-corrected chi connectivity index (χ4v) is 2.97. The van der Waals surface area contributed by atoms with Crippen LogP contribution in [0.1, 0.15) is 41.6 Å². The van der Waals surface area contributed by atoms with Crippen LogP contribution in [0.15, 0.2) is 30.6 Å². The average molecular weight is 345 g/mol. The molecule has 0 spiro atoms. The van der Waals surface area contributed by atoms with Crippen LogP contribution in [0.25, 0.3) is 0 Å². The van der Waals surface area contributed by atoms with Crippen molar-refractivity contribution in [3.63, 3.8) is 0 Å². The van der Waals surface area contributed by atoms with E-state index in [2.05, 4.69) is 20.2 Å². The van der Waals surface area contributed by atoms with Crippen LogP contribution >= 0.6 is 11.6 Å². The van der Waals surface area contributed by atoms with E-state index in [0.29, 0.717) is 22.2 Å². The van der Waals surface area contributed by atoms with Gasteiger partial charge in [0.05, 0.1) is 5.56 Å². The predicted molar refractivity (Wildman–Crippen MR) is 96.9 cm³/mol. The molecule has 0 aliphatic carbocycles. The summed E-state index contributed by atoms with van der Waals surface area (Å²) in [6.07, 6.45) is 8.02. The fourth-order valence-electron chi connectivity index (χ4n) is 2.80. The van der Waals surface area contributed by atoms with Crippen molar-refractivity contribution >= 4 is 29.1 Å². The van der Waals surface area contributed by atoms with Crippen LogP contribution < -0.4 is 10.2 Å². The maximum absolute atomic E-state index is 12.4. The predicted octanol–water partition coefficient (Wildman–Crippen LogP) is 4.07. The van der Waals surface area contributed by atoms with Gasteiger partial charge < -0.3 is 10.2 Å². The molecule has 1 aromatic carbocycles. The molecule has 3 rings (SSSR count). The standard InChI is InChI=1S/C18H21ClN4O/c1-13-6-7-15(19)10-16(13)22-17(24)14-11-20-18(21-12-14)23-8-4-2-3-5-9-23/h6-7,10-12H,2-5,8-9H2,1H3,(H,22,24). The molecule has 126 valence electrons. The number of hydrogen-bond donors (Lipinski definition) is 1. The van der Waals surface area contributed by atoms with Gasteiger partial charge in [-0.25, -0.2) is 9.97 Å². The highest BCUT2D eigenvalue weighted by Gasteiger charge is 2.14. The second-order valence-electron chi connectivity index (χ2n) is 6.09. The van der Waals surface area contributed by atoms with Crippen LogP contribution in [0.3, 0.4) is 0 Å². The number of amides is 1. The summed E-state index contributed by atoms with van der Waals surface area (Å²) in [5.74, 6) is 0.468. The average Bonchev–Trinajstić information content (AvgIpc) is 2.87. The maximum Gasteiger partial charge on any atom is 0.258 e. The molecule has 5 nitrogen and oxygen atoms in total. The van der Waals surface area contributed by atoms with Gasteiger partial charge in [0.2, 0.25) is 5.95 Å². The first-order valence-corrected chi connectivity index (χ1v) is 8.66. The molecule has 0 atom stereocenters. The molecule has 1 saturated heterocycles. The molecular weight excluding hydrogens is 324 g/mol. The van der Waals surface area contributed by atoms with Gasteiger partial charge in [0.15, 0.2) is 0 Å². The Morgan fingerprint density at radius 1 is 1.12 bits per heavy atom. The monoisotopic (exact) mass is 344 g/mol. The highest BCUT2D eigenvalue weighted by atomic mass is 35.5. The van der Waals surface area contributed by atoms with Gasteiger partial charge in [-0.1, -0.05) is 30.5 Å². The van der Waals surface area contributed by atoms with Crippen molar-refractivity contribution in [1.82, 2.24) is 9.97 Å². The number of nitrogens with one attached hydrogen (secondary N) is 1. The minimum absolute atomic E-state index is 0.234. The first kappa shape index (κ1) is 16.7. The van der Waals surface area contributed by atoms with E-state index in [1.165, 1.54) is 25.7 Å². The van der Waals surface area contributed by atoms with Gasteiger partial charge in [-0.2, -0.15) is 0 Å². The third kappa shape index (κ3) is 4.03. The Labute approximate surface area is 147 Å². The van der Waals surface area contributed by atoms with E-state index in [4.69, 9.17) is 11.6 Å². The summed E-state index contributed by atoms with van der Waals surface area (Å²) < 4.78 is 0. The lowest BCUT2D eigenvalue weighted by molar-refractivity contribution is 0.102. The minimum Gasteiger partial charge on any atom is -0.341 e. The lowest BCUT2D eigenvalue weighted by atomic mass is 10.2. The molecule has 0 unspecified atom stereocenters. The number of anilines is 2. The molecule has 0 saturated carbocycles. The lowest BCUT2D eigenvalue weighted by Gasteiger charge is -2.19. The first-order valence-electron chi connectivity index (χ1n) is 8.28. The van der Waals surface area contributed by atoms with Crippen molar-refractivity contribution in [3.8, 4) is 0 Å². The Hall–Kier alpha value is -2.14. The van der Waals surface area contributed by atoms with Gasteiger partial charge in [-0.3, -0.25) is 4.79 Å². The molecule has 1 N–H and O–H groups in total. The van der Waals surface area contributed by atoms with E-state index in [1.807, 2.05) is 13.0 Å². The summed E-state index contributed by atoms with van der Waals surface area (Å²) in [6.45, 7) is 3.88. The minimum atomic E-state index is -0.234. The highest BCUT2D eigenvalue weighted by Crippen LogP contribution is 2.21. The molecule has 1 aliphatic rings. The molecule has 0 radical (unpaired) electrons. The third-order valence-corrected chi connectivity index (χ3v) is 4.47. The second-order valence-corrected chi connectivity index (χ2v) is 6.52. The lowest BCUT2D eigenvalue weighted by Crippen LogP contribution is -2.26. The Morgan fingerprint density at radius 3 is 2.46 bits per heavy atom. The van der Waals surface area contributed by atoms with E-state index < -0.39 is 0 Å². The number of nitrogens with zero attached hydrogens (tertiary/aromatic N) is 3. The third-order valence-electron chi connectivity index (χ3n) is 4.24. The Bertz CT molecular complexity index is 709. The van der Waals surface area contributed by atoms with Gasteiger partial charge in [0, 0.05) is 36.2 Å².